The van der Waals surface area contributed by atoms with Crippen LogP contribution in [0, 0.1) is 22.7 Å². The van der Waals surface area contributed by atoms with Crippen molar-refractivity contribution in [3.8, 4) is 0 Å². The fraction of sp³-hybridized carbons (Fsp3) is 1.00. The summed E-state index contributed by atoms with van der Waals surface area (Å²) in [6.45, 7) is 18.7. The largest absolute Gasteiger partial charge is 0.316 e. The molecule has 0 aromatic carbocycles. The van der Waals surface area contributed by atoms with Crippen LogP contribution in [0.2, 0.25) is 0 Å². The van der Waals surface area contributed by atoms with Crippen molar-refractivity contribution >= 4 is 0 Å². The van der Waals surface area contributed by atoms with E-state index >= 15 is 0 Å². The highest BCUT2D eigenvalue weighted by molar-refractivity contribution is 4.92. The van der Waals surface area contributed by atoms with Crippen LogP contribution in [-0.4, -0.2) is 26.2 Å². The van der Waals surface area contributed by atoms with Gasteiger partial charge in [-0.2, -0.15) is 0 Å². The Kier molecular flexibility index (Phi) is 5.03. The van der Waals surface area contributed by atoms with Crippen LogP contribution in [0.4, 0.5) is 0 Å². The molecular weight excluding hydrogens is 208 g/mol. The van der Waals surface area contributed by atoms with E-state index in [4.69, 9.17) is 0 Å². The lowest BCUT2D eigenvalue weighted by Crippen LogP contribution is -2.42. The molecule has 0 aliphatic carbocycles. The van der Waals surface area contributed by atoms with Crippen molar-refractivity contribution < 1.29 is 0 Å². The molecule has 2 N–H and O–H groups in total. The molecule has 102 valence electrons. The van der Waals surface area contributed by atoms with E-state index in [-0.39, 0.29) is 0 Å². The van der Waals surface area contributed by atoms with E-state index in [1.165, 1.54) is 19.5 Å². The summed E-state index contributed by atoms with van der Waals surface area (Å²) in [6, 6.07) is 0. The summed E-state index contributed by atoms with van der Waals surface area (Å²) < 4.78 is 0. The van der Waals surface area contributed by atoms with Gasteiger partial charge < -0.3 is 10.6 Å². The lowest BCUT2D eigenvalue weighted by Gasteiger charge is -2.35. The first-order valence-electron chi connectivity index (χ1n) is 7.19. The molecule has 0 aromatic rings. The third-order valence-corrected chi connectivity index (χ3v) is 4.91. The smallest absolute Gasteiger partial charge is 0.00230 e. The SMILES string of the molecule is CC(CNCC1(C(C)C)CCNC1)C(C)(C)C. The Morgan fingerprint density at radius 1 is 1.24 bits per heavy atom. The second kappa shape index (κ2) is 5.71. The number of hydrogen-bond acceptors (Lipinski definition) is 2. The molecule has 0 bridgehead atoms. The topological polar surface area (TPSA) is 24.1 Å². The highest BCUT2D eigenvalue weighted by atomic mass is 15.0. The molecule has 0 amide bonds. The van der Waals surface area contributed by atoms with Gasteiger partial charge in [0.15, 0.2) is 0 Å². The lowest BCUT2D eigenvalue weighted by atomic mass is 9.76. The molecular formula is C15H32N2. The Morgan fingerprint density at radius 3 is 2.29 bits per heavy atom. The van der Waals surface area contributed by atoms with Crippen molar-refractivity contribution in [3.05, 3.63) is 0 Å². The Bertz CT molecular complexity index is 222. The van der Waals surface area contributed by atoms with Crippen LogP contribution in [0.5, 0.6) is 0 Å². The average Bonchev–Trinajstić information content (AvgIpc) is 2.66. The molecule has 2 nitrogen and oxygen atoms in total. The first-order chi connectivity index (χ1) is 7.78. The summed E-state index contributed by atoms with van der Waals surface area (Å²) in [7, 11) is 0. The summed E-state index contributed by atoms with van der Waals surface area (Å²) in [5.74, 6) is 1.48. The number of nitrogens with one attached hydrogen (secondary N) is 2. The van der Waals surface area contributed by atoms with Gasteiger partial charge in [-0.15, -0.1) is 0 Å². The molecule has 0 spiro atoms. The fourth-order valence-electron chi connectivity index (χ4n) is 2.45. The average molecular weight is 240 g/mol. The zero-order valence-electron chi connectivity index (χ0n) is 12.7. The van der Waals surface area contributed by atoms with Crippen molar-refractivity contribution in [2.24, 2.45) is 22.7 Å². The Labute approximate surface area is 108 Å². The fourth-order valence-corrected chi connectivity index (χ4v) is 2.45. The molecule has 1 rings (SSSR count). The van der Waals surface area contributed by atoms with Gasteiger partial charge in [0.25, 0.3) is 0 Å². The highest BCUT2D eigenvalue weighted by Crippen LogP contribution is 2.33. The van der Waals surface area contributed by atoms with Crippen LogP contribution in [0.3, 0.4) is 0 Å². The van der Waals surface area contributed by atoms with Gasteiger partial charge >= 0.3 is 0 Å². The number of rotatable bonds is 5. The predicted octanol–water partition coefficient (Wildman–Crippen LogP) is 2.89. The molecule has 2 heteroatoms. The second-order valence-corrected chi connectivity index (χ2v) is 7.34. The molecule has 2 atom stereocenters. The predicted molar refractivity (Wildman–Crippen MR) is 76.2 cm³/mol. The van der Waals surface area contributed by atoms with Crippen molar-refractivity contribution in [3.63, 3.8) is 0 Å². The minimum absolute atomic E-state index is 0.409. The van der Waals surface area contributed by atoms with E-state index < -0.39 is 0 Å². The van der Waals surface area contributed by atoms with Crippen LogP contribution in [0.25, 0.3) is 0 Å². The van der Waals surface area contributed by atoms with E-state index in [2.05, 4.69) is 52.2 Å². The third kappa shape index (κ3) is 3.96. The van der Waals surface area contributed by atoms with Gasteiger partial charge in [-0.05, 0) is 42.2 Å². The van der Waals surface area contributed by atoms with Crippen molar-refractivity contribution in [1.82, 2.24) is 10.6 Å². The van der Waals surface area contributed by atoms with Crippen LogP contribution in [0.15, 0.2) is 0 Å². The molecule has 0 aromatic heterocycles. The first-order valence-corrected chi connectivity index (χ1v) is 7.19. The maximum absolute atomic E-state index is 3.72. The molecule has 0 radical (unpaired) electrons. The maximum Gasteiger partial charge on any atom is 0.00230 e. The van der Waals surface area contributed by atoms with Gasteiger partial charge in [-0.3, -0.25) is 0 Å². The monoisotopic (exact) mass is 240 g/mol. The van der Waals surface area contributed by atoms with Gasteiger partial charge in [0.1, 0.15) is 0 Å². The molecule has 2 unspecified atom stereocenters. The minimum atomic E-state index is 0.409. The zero-order chi connectivity index (χ0) is 13.1. The van der Waals surface area contributed by atoms with Gasteiger partial charge in [0, 0.05) is 13.1 Å². The van der Waals surface area contributed by atoms with Crippen LogP contribution < -0.4 is 10.6 Å². The highest BCUT2D eigenvalue weighted by Gasteiger charge is 2.36. The van der Waals surface area contributed by atoms with E-state index in [1.54, 1.807) is 0 Å². The maximum atomic E-state index is 3.72. The van der Waals surface area contributed by atoms with E-state index in [9.17, 15) is 0 Å². The zero-order valence-corrected chi connectivity index (χ0v) is 12.7. The van der Waals surface area contributed by atoms with Crippen molar-refractivity contribution in [2.45, 2.75) is 48.0 Å². The third-order valence-electron chi connectivity index (χ3n) is 4.91. The standard InChI is InChI=1S/C15H32N2/c1-12(2)15(7-8-16-10-15)11-17-9-13(3)14(4,5)6/h12-13,16-17H,7-11H2,1-6H3. The first kappa shape index (κ1) is 15.0. The van der Waals surface area contributed by atoms with Crippen LogP contribution >= 0.6 is 0 Å². The second-order valence-electron chi connectivity index (χ2n) is 7.34. The normalized spacial score (nSPS) is 27.7. The summed E-state index contributed by atoms with van der Waals surface area (Å²) in [6.07, 6.45) is 1.32. The Morgan fingerprint density at radius 2 is 1.88 bits per heavy atom. The molecule has 1 aliphatic heterocycles. The van der Waals surface area contributed by atoms with E-state index in [0.717, 1.165) is 24.9 Å². The summed E-state index contributed by atoms with van der Waals surface area (Å²) >= 11 is 0. The van der Waals surface area contributed by atoms with E-state index in [0.29, 0.717) is 10.8 Å². The number of hydrogen-bond donors (Lipinski definition) is 2. The molecule has 17 heavy (non-hydrogen) atoms. The molecule has 0 saturated carbocycles. The Hall–Kier alpha value is -0.0800. The summed E-state index contributed by atoms with van der Waals surface area (Å²) in [5, 5.41) is 7.24. The van der Waals surface area contributed by atoms with Gasteiger partial charge in [-0.1, -0.05) is 41.5 Å². The van der Waals surface area contributed by atoms with E-state index in [1.807, 2.05) is 0 Å². The molecule has 1 aliphatic rings. The van der Waals surface area contributed by atoms with Crippen molar-refractivity contribution in [2.75, 3.05) is 26.2 Å². The molecule has 1 fully saturated rings. The summed E-state index contributed by atoms with van der Waals surface area (Å²) in [5.41, 5.74) is 0.892. The van der Waals surface area contributed by atoms with Crippen LogP contribution in [-0.2, 0) is 0 Å². The molecule has 1 saturated heterocycles. The summed E-state index contributed by atoms with van der Waals surface area (Å²) in [4.78, 5) is 0. The minimum Gasteiger partial charge on any atom is -0.316 e. The Balaban J connectivity index is 2.39. The van der Waals surface area contributed by atoms with Gasteiger partial charge in [0.05, 0.1) is 0 Å². The van der Waals surface area contributed by atoms with Gasteiger partial charge in [0.2, 0.25) is 0 Å². The van der Waals surface area contributed by atoms with Crippen LogP contribution in [0.1, 0.15) is 48.0 Å². The van der Waals surface area contributed by atoms with Crippen molar-refractivity contribution in [1.29, 1.82) is 0 Å². The quantitative estimate of drug-likeness (QED) is 0.772. The lowest BCUT2D eigenvalue weighted by molar-refractivity contribution is 0.189. The van der Waals surface area contributed by atoms with Gasteiger partial charge in [-0.25, -0.2) is 0 Å². The molecule has 1 heterocycles.